The Morgan fingerprint density at radius 3 is 2.61 bits per heavy atom. The third-order valence-corrected chi connectivity index (χ3v) is 9.70. The van der Waals surface area contributed by atoms with Crippen molar-refractivity contribution in [2.45, 2.75) is 36.8 Å². The first-order chi connectivity index (χ1) is 19.8. The lowest BCUT2D eigenvalue weighted by molar-refractivity contribution is -0.124. The van der Waals surface area contributed by atoms with Crippen molar-refractivity contribution in [2.75, 3.05) is 24.7 Å². The van der Waals surface area contributed by atoms with Gasteiger partial charge in [0, 0.05) is 35.7 Å². The monoisotopic (exact) mass is 588 g/mol. The van der Waals surface area contributed by atoms with Gasteiger partial charge in [0.15, 0.2) is 5.13 Å². The number of ether oxygens (including phenoxy) is 1. The molecule has 2 aliphatic rings. The summed E-state index contributed by atoms with van der Waals surface area (Å²) >= 11 is 3.01. The minimum atomic E-state index is -0.896. The van der Waals surface area contributed by atoms with Crippen LogP contribution in [0.4, 0.5) is 9.52 Å². The van der Waals surface area contributed by atoms with Crippen LogP contribution in [-0.2, 0) is 4.79 Å². The van der Waals surface area contributed by atoms with Crippen LogP contribution in [0, 0.1) is 11.2 Å². The van der Waals surface area contributed by atoms with Crippen LogP contribution < -0.4 is 10.1 Å². The summed E-state index contributed by atoms with van der Waals surface area (Å²) in [6, 6.07) is 15.9. The number of nitrogens with one attached hydrogen (secondary N) is 1. The molecule has 6 rings (SSSR count). The van der Waals surface area contributed by atoms with Gasteiger partial charge in [0.1, 0.15) is 11.6 Å². The van der Waals surface area contributed by atoms with Crippen LogP contribution in [-0.4, -0.2) is 46.0 Å². The molecule has 1 saturated heterocycles. The first kappa shape index (κ1) is 27.4. The molecule has 10 heteroatoms. The highest BCUT2D eigenvalue weighted by molar-refractivity contribution is 8.00. The molecule has 1 unspecified atom stereocenters. The zero-order valence-corrected chi connectivity index (χ0v) is 24.6. The molecule has 2 aromatic carbocycles. The van der Waals surface area contributed by atoms with E-state index in [4.69, 9.17) is 9.72 Å². The lowest BCUT2D eigenvalue weighted by atomic mass is 9.69. The van der Waals surface area contributed by atoms with Gasteiger partial charge in [0.25, 0.3) is 5.91 Å². The molecule has 0 radical (unpaired) electrons. The molecule has 0 aliphatic carbocycles. The maximum atomic E-state index is 15.1. The number of anilines is 1. The SMILES string of the molecule is CSc1cnc(NC(=O)C(C)(C)C2c3ccccc3Oc3nc(-c4ccc(C(=O)N5CCCC5)c(F)c4)ccc32)s1. The van der Waals surface area contributed by atoms with E-state index < -0.39 is 11.2 Å². The van der Waals surface area contributed by atoms with Crippen molar-refractivity contribution in [3.63, 3.8) is 0 Å². The van der Waals surface area contributed by atoms with Gasteiger partial charge in [-0.2, -0.15) is 0 Å². The molecular weight excluding hydrogens is 559 g/mol. The molecule has 0 saturated carbocycles. The summed E-state index contributed by atoms with van der Waals surface area (Å²) in [5.74, 6) is -0.406. The summed E-state index contributed by atoms with van der Waals surface area (Å²) in [4.78, 5) is 37.2. The fourth-order valence-corrected chi connectivity index (χ4v) is 6.79. The normalized spacial score (nSPS) is 16.1. The summed E-state index contributed by atoms with van der Waals surface area (Å²) in [5, 5.41) is 3.55. The van der Waals surface area contributed by atoms with Gasteiger partial charge in [-0.05, 0) is 43.4 Å². The summed E-state index contributed by atoms with van der Waals surface area (Å²) < 4.78 is 22.4. The number of carbonyl (C=O) groups is 2. The predicted molar refractivity (Wildman–Crippen MR) is 159 cm³/mol. The molecule has 0 bridgehead atoms. The van der Waals surface area contributed by atoms with Crippen LogP contribution in [0.1, 0.15) is 54.1 Å². The number of thiazole rings is 1. The Bertz CT molecular complexity index is 1650. The van der Waals surface area contributed by atoms with Crippen LogP contribution in [0.25, 0.3) is 11.3 Å². The Morgan fingerprint density at radius 2 is 1.88 bits per heavy atom. The van der Waals surface area contributed by atoms with Crippen LogP contribution >= 0.6 is 23.1 Å². The Kier molecular flexibility index (Phi) is 7.29. The Balaban J connectivity index is 1.33. The van der Waals surface area contributed by atoms with Gasteiger partial charge in [-0.1, -0.05) is 55.5 Å². The third kappa shape index (κ3) is 5.10. The van der Waals surface area contributed by atoms with Crippen LogP contribution in [0.5, 0.6) is 11.6 Å². The fraction of sp³-hybridized carbons (Fsp3) is 0.290. The van der Waals surface area contributed by atoms with Gasteiger partial charge >= 0.3 is 0 Å². The number of amides is 2. The average Bonchev–Trinajstić information content (AvgIpc) is 3.68. The number of nitrogens with zero attached hydrogens (tertiary/aromatic N) is 3. The number of thioether (sulfide) groups is 1. The van der Waals surface area contributed by atoms with E-state index in [-0.39, 0.29) is 23.3 Å². The average molecular weight is 589 g/mol. The lowest BCUT2D eigenvalue weighted by Crippen LogP contribution is -2.38. The fourth-order valence-electron chi connectivity index (χ4n) is 5.51. The number of aromatic nitrogens is 2. The quantitative estimate of drug-likeness (QED) is 0.240. The highest BCUT2D eigenvalue weighted by atomic mass is 32.2. The number of hydrogen-bond acceptors (Lipinski definition) is 7. The molecule has 2 aliphatic heterocycles. The van der Waals surface area contributed by atoms with Crippen LogP contribution in [0.2, 0.25) is 0 Å². The maximum Gasteiger partial charge on any atom is 0.256 e. The third-order valence-electron chi connectivity index (χ3n) is 7.74. The number of carbonyl (C=O) groups excluding carboxylic acids is 2. The minimum Gasteiger partial charge on any atom is -0.438 e. The number of halogens is 1. The van der Waals surface area contributed by atoms with E-state index >= 15 is 4.39 Å². The van der Waals surface area contributed by atoms with E-state index in [0.29, 0.717) is 41.1 Å². The minimum absolute atomic E-state index is 0.0662. The zero-order chi connectivity index (χ0) is 28.7. The number of para-hydroxylation sites is 1. The smallest absolute Gasteiger partial charge is 0.256 e. The van der Waals surface area contributed by atoms with Crippen molar-refractivity contribution < 1.29 is 18.7 Å². The second-order valence-electron chi connectivity index (χ2n) is 10.7. The van der Waals surface area contributed by atoms with Crippen LogP contribution in [0.15, 0.2) is 65.0 Å². The molecular formula is C31H29FN4O3S2. The first-order valence-corrected chi connectivity index (χ1v) is 15.5. The number of rotatable bonds is 6. The highest BCUT2D eigenvalue weighted by Crippen LogP contribution is 2.52. The summed E-state index contributed by atoms with van der Waals surface area (Å²) in [6.45, 7) is 5.12. The van der Waals surface area contributed by atoms with Gasteiger partial charge in [-0.3, -0.25) is 9.59 Å². The first-order valence-electron chi connectivity index (χ1n) is 13.4. The second-order valence-corrected chi connectivity index (χ2v) is 12.9. The van der Waals surface area contributed by atoms with Gasteiger partial charge in [0.2, 0.25) is 11.8 Å². The van der Waals surface area contributed by atoms with Crippen molar-refractivity contribution in [1.29, 1.82) is 0 Å². The molecule has 1 fully saturated rings. The van der Waals surface area contributed by atoms with Gasteiger partial charge < -0.3 is 15.0 Å². The molecule has 2 amide bonds. The van der Waals surface area contributed by atoms with Crippen molar-refractivity contribution >= 4 is 40.0 Å². The standard InChI is InChI=1S/C31H29FN4O3S2/c1-31(2,29(38)35-30-33-17-25(40-3)41-30)26-20-8-4-5-9-24(20)39-27-21(26)12-13-23(34-27)18-10-11-19(22(32)16-18)28(37)36-14-6-7-15-36/h4-5,8-13,16-17,26H,6-7,14-15H2,1-3H3,(H,33,35,38). The number of benzene rings is 2. The van der Waals surface area contributed by atoms with Crippen molar-refractivity contribution in [2.24, 2.45) is 5.41 Å². The van der Waals surface area contributed by atoms with Crippen molar-refractivity contribution in [1.82, 2.24) is 14.9 Å². The molecule has 7 nitrogen and oxygen atoms in total. The van der Waals surface area contributed by atoms with E-state index in [1.807, 2.05) is 50.4 Å². The Labute approximate surface area is 246 Å². The van der Waals surface area contributed by atoms with E-state index in [9.17, 15) is 9.59 Å². The van der Waals surface area contributed by atoms with Crippen molar-refractivity contribution in [3.8, 4) is 22.9 Å². The molecule has 4 aromatic rings. The van der Waals surface area contributed by atoms with Crippen LogP contribution in [0.3, 0.4) is 0 Å². The van der Waals surface area contributed by atoms with E-state index in [2.05, 4.69) is 10.3 Å². The second kappa shape index (κ2) is 10.9. The Hall–Kier alpha value is -3.76. The number of hydrogen-bond donors (Lipinski definition) is 1. The molecule has 2 aromatic heterocycles. The summed E-state index contributed by atoms with van der Waals surface area (Å²) in [7, 11) is 0. The molecule has 41 heavy (non-hydrogen) atoms. The number of fused-ring (bicyclic) bond motifs is 2. The van der Waals surface area contributed by atoms with E-state index in [1.165, 1.54) is 23.5 Å². The molecule has 210 valence electrons. The topological polar surface area (TPSA) is 84.4 Å². The predicted octanol–water partition coefficient (Wildman–Crippen LogP) is 7.20. The summed E-state index contributed by atoms with van der Waals surface area (Å²) in [5.41, 5.74) is 1.86. The highest BCUT2D eigenvalue weighted by Gasteiger charge is 2.44. The van der Waals surface area contributed by atoms with Gasteiger partial charge in [-0.25, -0.2) is 14.4 Å². The van der Waals surface area contributed by atoms with E-state index in [0.717, 1.165) is 28.2 Å². The summed E-state index contributed by atoms with van der Waals surface area (Å²) in [6.07, 6.45) is 5.60. The van der Waals surface area contributed by atoms with Gasteiger partial charge in [-0.15, -0.1) is 11.8 Å². The molecule has 1 N–H and O–H groups in total. The maximum absolute atomic E-state index is 15.1. The lowest BCUT2D eigenvalue weighted by Gasteiger charge is -2.37. The van der Waals surface area contributed by atoms with E-state index in [1.54, 1.807) is 35.0 Å². The number of pyridine rings is 1. The Morgan fingerprint density at radius 1 is 1.10 bits per heavy atom. The van der Waals surface area contributed by atoms with Gasteiger partial charge in [0.05, 0.1) is 27.1 Å². The molecule has 0 spiro atoms. The zero-order valence-electron chi connectivity index (χ0n) is 22.9. The molecule has 1 atom stereocenters. The van der Waals surface area contributed by atoms with Crippen molar-refractivity contribution in [3.05, 3.63) is 83.3 Å². The molecule has 4 heterocycles. The number of likely N-dealkylation sites (tertiary alicyclic amines) is 1. The largest absolute Gasteiger partial charge is 0.438 e.